The van der Waals surface area contributed by atoms with Crippen molar-refractivity contribution in [2.24, 2.45) is 0 Å². The number of benzene rings is 1. The number of anilines is 2. The monoisotopic (exact) mass is 351 g/mol. The molecule has 0 aliphatic rings. The molecule has 0 saturated heterocycles. The summed E-state index contributed by atoms with van der Waals surface area (Å²) in [6.07, 6.45) is -2.72. The summed E-state index contributed by atoms with van der Waals surface area (Å²) in [4.78, 5) is 14.5. The van der Waals surface area contributed by atoms with E-state index in [9.17, 15) is 18.0 Å². The van der Waals surface area contributed by atoms with Gasteiger partial charge in [0, 0.05) is 17.9 Å². The van der Waals surface area contributed by atoms with Crippen molar-refractivity contribution >= 4 is 22.4 Å². The Morgan fingerprint density at radius 1 is 1.20 bits per heavy atom. The van der Waals surface area contributed by atoms with E-state index in [0.29, 0.717) is 22.4 Å². The van der Waals surface area contributed by atoms with Crippen LogP contribution in [-0.4, -0.2) is 27.9 Å². The molecule has 3 aromatic rings. The average molecular weight is 351 g/mol. The summed E-state index contributed by atoms with van der Waals surface area (Å²) in [6, 6.07) is 8.14. The molecule has 1 atom stereocenters. The van der Waals surface area contributed by atoms with E-state index in [1.165, 1.54) is 6.20 Å². The highest BCUT2D eigenvalue weighted by Crippen LogP contribution is 2.23. The maximum atomic E-state index is 12.3. The van der Waals surface area contributed by atoms with Crippen LogP contribution in [0, 0.1) is 0 Å². The van der Waals surface area contributed by atoms with Crippen LogP contribution < -0.4 is 16.2 Å². The van der Waals surface area contributed by atoms with Crippen molar-refractivity contribution in [3.63, 3.8) is 0 Å². The SMILES string of the molecule is CC(NCC(F)(F)F)c1ccc(Nc2n[nH]c3cc[nH]c(=O)c23)cc1. The molecule has 1 aromatic carbocycles. The van der Waals surface area contributed by atoms with Crippen molar-refractivity contribution in [2.45, 2.75) is 19.1 Å². The van der Waals surface area contributed by atoms with Crippen molar-refractivity contribution in [1.29, 1.82) is 0 Å². The molecule has 0 bridgehead atoms. The van der Waals surface area contributed by atoms with Crippen LogP contribution >= 0.6 is 0 Å². The maximum Gasteiger partial charge on any atom is 0.401 e. The lowest BCUT2D eigenvalue weighted by Crippen LogP contribution is -2.30. The standard InChI is InChI=1S/C16H16F3N5O/c1-9(21-8-16(17,18)19)10-2-4-11(5-3-10)22-14-13-12(23-24-14)6-7-20-15(13)25/h2-7,9,21H,8H2,1H3,(H,20,25)(H2,22,23,24). The molecule has 2 heterocycles. The van der Waals surface area contributed by atoms with Crippen molar-refractivity contribution in [2.75, 3.05) is 11.9 Å². The minimum atomic E-state index is -4.25. The van der Waals surface area contributed by atoms with Crippen LogP contribution in [0.3, 0.4) is 0 Å². The second kappa shape index (κ2) is 6.60. The highest BCUT2D eigenvalue weighted by atomic mass is 19.4. The van der Waals surface area contributed by atoms with E-state index in [1.807, 2.05) is 0 Å². The van der Waals surface area contributed by atoms with Crippen molar-refractivity contribution in [1.82, 2.24) is 20.5 Å². The Hall–Kier alpha value is -2.81. The normalized spacial score (nSPS) is 13.1. The van der Waals surface area contributed by atoms with E-state index in [4.69, 9.17) is 0 Å². The molecule has 9 heteroatoms. The molecule has 0 amide bonds. The number of hydrogen-bond donors (Lipinski definition) is 4. The smallest absolute Gasteiger partial charge is 0.338 e. The first-order valence-corrected chi connectivity index (χ1v) is 7.56. The summed E-state index contributed by atoms with van der Waals surface area (Å²) < 4.78 is 36.8. The lowest BCUT2D eigenvalue weighted by Gasteiger charge is -2.16. The van der Waals surface area contributed by atoms with Crippen LogP contribution in [0.5, 0.6) is 0 Å². The van der Waals surface area contributed by atoms with Crippen LogP contribution in [0.4, 0.5) is 24.7 Å². The predicted octanol–water partition coefficient (Wildman–Crippen LogP) is 3.21. The number of hydrogen-bond acceptors (Lipinski definition) is 4. The Morgan fingerprint density at radius 3 is 2.60 bits per heavy atom. The molecule has 0 aliphatic carbocycles. The lowest BCUT2D eigenvalue weighted by atomic mass is 10.1. The quantitative estimate of drug-likeness (QED) is 0.569. The van der Waals surface area contributed by atoms with E-state index < -0.39 is 18.8 Å². The van der Waals surface area contributed by atoms with E-state index in [0.717, 1.165) is 5.56 Å². The van der Waals surface area contributed by atoms with E-state index in [2.05, 4.69) is 25.8 Å². The first-order valence-electron chi connectivity index (χ1n) is 7.56. The molecule has 3 rings (SSSR count). The minimum Gasteiger partial charge on any atom is -0.338 e. The fraction of sp³-hybridized carbons (Fsp3) is 0.250. The van der Waals surface area contributed by atoms with Crippen LogP contribution in [0.1, 0.15) is 18.5 Å². The molecular weight excluding hydrogens is 335 g/mol. The molecule has 0 spiro atoms. The van der Waals surface area contributed by atoms with Gasteiger partial charge >= 0.3 is 6.18 Å². The largest absolute Gasteiger partial charge is 0.401 e. The summed E-state index contributed by atoms with van der Waals surface area (Å²) in [5.41, 5.74) is 1.73. The molecule has 4 N–H and O–H groups in total. The second-order valence-electron chi connectivity index (χ2n) is 5.63. The third-order valence-electron chi connectivity index (χ3n) is 3.77. The first-order chi connectivity index (χ1) is 11.8. The van der Waals surface area contributed by atoms with Gasteiger partial charge in [-0.25, -0.2) is 0 Å². The molecule has 0 radical (unpaired) electrons. The van der Waals surface area contributed by atoms with Gasteiger partial charge in [0.2, 0.25) is 0 Å². The molecule has 1 unspecified atom stereocenters. The summed E-state index contributed by atoms with van der Waals surface area (Å²) in [5.74, 6) is 0.382. The molecule has 132 valence electrons. The first kappa shape index (κ1) is 17.0. The molecule has 0 saturated carbocycles. The number of nitrogens with one attached hydrogen (secondary N) is 4. The Morgan fingerprint density at radius 2 is 1.92 bits per heavy atom. The number of alkyl halides is 3. The summed E-state index contributed by atoms with van der Waals surface area (Å²) in [6.45, 7) is 0.616. The zero-order valence-electron chi connectivity index (χ0n) is 13.2. The van der Waals surface area contributed by atoms with Gasteiger partial charge in [0.25, 0.3) is 5.56 Å². The highest BCUT2D eigenvalue weighted by Gasteiger charge is 2.27. The Bertz CT molecular complexity index is 914. The van der Waals surface area contributed by atoms with Crippen molar-refractivity contribution in [3.8, 4) is 0 Å². The number of aromatic amines is 2. The Kier molecular flexibility index (Phi) is 4.49. The van der Waals surface area contributed by atoms with Gasteiger partial charge in [-0.3, -0.25) is 9.89 Å². The number of nitrogens with zero attached hydrogens (tertiary/aromatic N) is 1. The maximum absolute atomic E-state index is 12.3. The number of aromatic nitrogens is 3. The summed E-state index contributed by atoms with van der Waals surface area (Å²) in [5, 5.41) is 12.7. The van der Waals surface area contributed by atoms with E-state index >= 15 is 0 Å². The Balaban J connectivity index is 1.73. The third kappa shape index (κ3) is 4.00. The van der Waals surface area contributed by atoms with Gasteiger partial charge in [0.15, 0.2) is 5.82 Å². The molecular formula is C16H16F3N5O. The van der Waals surface area contributed by atoms with Gasteiger partial charge in [-0.05, 0) is 30.7 Å². The van der Waals surface area contributed by atoms with E-state index in [-0.39, 0.29) is 5.56 Å². The molecule has 2 aromatic heterocycles. The predicted molar refractivity (Wildman–Crippen MR) is 88.9 cm³/mol. The van der Waals surface area contributed by atoms with Gasteiger partial charge < -0.3 is 15.6 Å². The molecule has 0 aliphatic heterocycles. The zero-order valence-corrected chi connectivity index (χ0v) is 13.2. The van der Waals surface area contributed by atoms with Crippen LogP contribution in [0.15, 0.2) is 41.3 Å². The number of pyridine rings is 1. The minimum absolute atomic E-state index is 0.268. The number of fused-ring (bicyclic) bond motifs is 1. The van der Waals surface area contributed by atoms with Crippen LogP contribution in [0.25, 0.3) is 10.9 Å². The van der Waals surface area contributed by atoms with Gasteiger partial charge in [0.1, 0.15) is 5.39 Å². The van der Waals surface area contributed by atoms with Crippen molar-refractivity contribution in [3.05, 3.63) is 52.4 Å². The van der Waals surface area contributed by atoms with Gasteiger partial charge in [0.05, 0.1) is 12.1 Å². The van der Waals surface area contributed by atoms with E-state index in [1.54, 1.807) is 37.3 Å². The van der Waals surface area contributed by atoms with Gasteiger partial charge in [-0.15, -0.1) is 0 Å². The highest BCUT2D eigenvalue weighted by molar-refractivity contribution is 5.90. The van der Waals surface area contributed by atoms with Gasteiger partial charge in [-0.1, -0.05) is 12.1 Å². The topological polar surface area (TPSA) is 85.6 Å². The number of rotatable bonds is 5. The van der Waals surface area contributed by atoms with Crippen molar-refractivity contribution < 1.29 is 13.2 Å². The average Bonchev–Trinajstić information content (AvgIpc) is 2.97. The number of halogens is 3. The Labute approximate surface area is 140 Å². The summed E-state index contributed by atoms with van der Waals surface area (Å²) >= 11 is 0. The zero-order chi connectivity index (χ0) is 18.0. The van der Waals surface area contributed by atoms with Gasteiger partial charge in [-0.2, -0.15) is 18.3 Å². The lowest BCUT2D eigenvalue weighted by molar-refractivity contribution is -0.126. The molecule has 6 nitrogen and oxygen atoms in total. The summed E-state index contributed by atoms with van der Waals surface area (Å²) in [7, 11) is 0. The van der Waals surface area contributed by atoms with Crippen LogP contribution in [-0.2, 0) is 0 Å². The molecule has 0 fully saturated rings. The molecule has 25 heavy (non-hydrogen) atoms. The third-order valence-corrected chi connectivity index (χ3v) is 3.77. The number of H-pyrrole nitrogens is 2. The van der Waals surface area contributed by atoms with Crippen LogP contribution in [0.2, 0.25) is 0 Å². The fourth-order valence-electron chi connectivity index (χ4n) is 2.45. The fourth-order valence-corrected chi connectivity index (χ4v) is 2.45. The second-order valence-corrected chi connectivity index (χ2v) is 5.63.